The lowest BCUT2D eigenvalue weighted by Crippen LogP contribution is -2.33. The van der Waals surface area contributed by atoms with Crippen molar-refractivity contribution in [3.63, 3.8) is 0 Å². The van der Waals surface area contributed by atoms with Gasteiger partial charge in [0.2, 0.25) is 0 Å². The molecule has 2 aromatic rings. The van der Waals surface area contributed by atoms with E-state index in [1.165, 1.54) is 6.92 Å². The Balaban J connectivity index is 2.52. The topological polar surface area (TPSA) is 38.9 Å². The summed E-state index contributed by atoms with van der Waals surface area (Å²) in [6.07, 6.45) is -3.55. The lowest BCUT2D eigenvalue weighted by molar-refractivity contribution is -0.137. The molecule has 21 heavy (non-hydrogen) atoms. The highest BCUT2D eigenvalue weighted by atomic mass is 35.5. The van der Waals surface area contributed by atoms with Crippen LogP contribution in [-0.2, 0) is 11.7 Å². The quantitative estimate of drug-likeness (QED) is 0.616. The van der Waals surface area contributed by atoms with E-state index < -0.39 is 22.5 Å². The van der Waals surface area contributed by atoms with E-state index in [-0.39, 0.29) is 20.5 Å². The Kier molecular flexibility index (Phi) is 4.23. The zero-order chi connectivity index (χ0) is 16.0. The molecular formula is C12H8Cl2F4N2S. The lowest BCUT2D eigenvalue weighted by Gasteiger charge is -2.25. The fourth-order valence-electron chi connectivity index (χ4n) is 1.70. The van der Waals surface area contributed by atoms with Gasteiger partial charge >= 0.3 is 6.18 Å². The Bertz CT molecular complexity index is 682. The van der Waals surface area contributed by atoms with E-state index >= 15 is 0 Å². The monoisotopic (exact) mass is 358 g/mol. The van der Waals surface area contributed by atoms with Gasteiger partial charge in [-0.3, -0.25) is 0 Å². The number of alkyl halides is 3. The number of aromatic nitrogens is 1. The summed E-state index contributed by atoms with van der Waals surface area (Å²) in [6, 6.07) is 2.17. The number of nitrogens with two attached hydrogens (primary N) is 1. The van der Waals surface area contributed by atoms with Crippen molar-refractivity contribution >= 4 is 34.5 Å². The summed E-state index contributed by atoms with van der Waals surface area (Å²) in [4.78, 5) is 3.41. The predicted octanol–water partition coefficient (Wildman–Crippen LogP) is 4.83. The molecule has 9 heteroatoms. The van der Waals surface area contributed by atoms with E-state index in [9.17, 15) is 17.6 Å². The zero-order valence-electron chi connectivity index (χ0n) is 10.4. The molecule has 0 radical (unpaired) electrons. The molecule has 0 spiro atoms. The second kappa shape index (κ2) is 5.39. The van der Waals surface area contributed by atoms with Crippen LogP contribution in [0, 0.1) is 5.82 Å². The van der Waals surface area contributed by atoms with Crippen LogP contribution in [0.15, 0.2) is 18.3 Å². The summed E-state index contributed by atoms with van der Waals surface area (Å²) in [5.41, 5.74) is 4.75. The molecule has 114 valence electrons. The maximum Gasteiger partial charge on any atom is 0.443 e. The first-order valence-corrected chi connectivity index (χ1v) is 7.08. The van der Waals surface area contributed by atoms with Gasteiger partial charge in [0.05, 0.1) is 10.6 Å². The van der Waals surface area contributed by atoms with Crippen molar-refractivity contribution in [1.29, 1.82) is 0 Å². The summed E-state index contributed by atoms with van der Waals surface area (Å²) < 4.78 is 51.3. The van der Waals surface area contributed by atoms with Crippen molar-refractivity contribution in [2.24, 2.45) is 5.73 Å². The largest absolute Gasteiger partial charge is 0.443 e. The van der Waals surface area contributed by atoms with Crippen LogP contribution in [0.3, 0.4) is 0 Å². The average Bonchev–Trinajstić information content (AvgIpc) is 2.83. The third-order valence-corrected chi connectivity index (χ3v) is 4.71. The van der Waals surface area contributed by atoms with Gasteiger partial charge in [-0.2, -0.15) is 13.2 Å². The first-order valence-electron chi connectivity index (χ1n) is 5.51. The molecule has 1 aromatic heterocycles. The summed E-state index contributed by atoms with van der Waals surface area (Å²) in [6.45, 7) is 1.43. The third kappa shape index (κ3) is 3.15. The Morgan fingerprint density at radius 1 is 1.19 bits per heavy atom. The van der Waals surface area contributed by atoms with Crippen molar-refractivity contribution in [1.82, 2.24) is 4.98 Å². The number of nitrogens with zero attached hydrogens (tertiary/aromatic N) is 1. The van der Waals surface area contributed by atoms with Gasteiger partial charge in [-0.05, 0) is 24.6 Å². The molecule has 0 saturated heterocycles. The number of thiazole rings is 1. The van der Waals surface area contributed by atoms with Gasteiger partial charge in [0, 0.05) is 16.1 Å². The van der Waals surface area contributed by atoms with Gasteiger partial charge in [-0.25, -0.2) is 9.37 Å². The molecule has 0 aliphatic rings. The second-order valence-electron chi connectivity index (χ2n) is 4.48. The van der Waals surface area contributed by atoms with Crippen molar-refractivity contribution in [3.05, 3.63) is 49.6 Å². The highest BCUT2D eigenvalue weighted by Crippen LogP contribution is 2.40. The molecule has 0 fully saturated rings. The molecule has 0 saturated carbocycles. The van der Waals surface area contributed by atoms with Gasteiger partial charge < -0.3 is 5.73 Å². The number of hydrogen-bond donors (Lipinski definition) is 1. The minimum Gasteiger partial charge on any atom is -0.317 e. The van der Waals surface area contributed by atoms with E-state index in [1.54, 1.807) is 0 Å². The van der Waals surface area contributed by atoms with Crippen LogP contribution in [0.2, 0.25) is 10.0 Å². The van der Waals surface area contributed by atoms with Crippen LogP contribution in [0.1, 0.15) is 22.4 Å². The molecule has 1 heterocycles. The molecule has 0 bridgehead atoms. The molecule has 1 unspecified atom stereocenters. The van der Waals surface area contributed by atoms with Gasteiger partial charge in [-0.15, -0.1) is 11.3 Å². The first-order chi connectivity index (χ1) is 9.53. The van der Waals surface area contributed by atoms with Gasteiger partial charge in [0.15, 0.2) is 5.01 Å². The van der Waals surface area contributed by atoms with Crippen LogP contribution in [-0.4, -0.2) is 4.98 Å². The summed E-state index contributed by atoms with van der Waals surface area (Å²) >= 11 is 11.9. The Morgan fingerprint density at radius 2 is 1.81 bits per heavy atom. The average molecular weight is 359 g/mol. The minimum atomic E-state index is -4.56. The van der Waals surface area contributed by atoms with Crippen molar-refractivity contribution in [2.75, 3.05) is 0 Å². The summed E-state index contributed by atoms with van der Waals surface area (Å²) in [5, 5.41) is -1.16. The van der Waals surface area contributed by atoms with Gasteiger partial charge in [-0.1, -0.05) is 23.2 Å². The van der Waals surface area contributed by atoms with Crippen molar-refractivity contribution in [2.45, 2.75) is 18.6 Å². The molecule has 2 rings (SSSR count). The van der Waals surface area contributed by atoms with Crippen LogP contribution in [0.5, 0.6) is 0 Å². The Hall–Kier alpha value is -0.890. The highest BCUT2D eigenvalue weighted by molar-refractivity contribution is 7.11. The Morgan fingerprint density at radius 3 is 2.33 bits per heavy atom. The van der Waals surface area contributed by atoms with Crippen molar-refractivity contribution in [3.8, 4) is 0 Å². The molecule has 2 nitrogen and oxygen atoms in total. The van der Waals surface area contributed by atoms with E-state index in [0.717, 1.165) is 18.3 Å². The molecular weight excluding hydrogens is 351 g/mol. The van der Waals surface area contributed by atoms with Crippen LogP contribution >= 0.6 is 34.5 Å². The normalized spacial score (nSPS) is 15.0. The lowest BCUT2D eigenvalue weighted by atomic mass is 9.92. The van der Waals surface area contributed by atoms with Crippen LogP contribution < -0.4 is 5.73 Å². The van der Waals surface area contributed by atoms with E-state index in [1.807, 2.05) is 0 Å². The fourth-order valence-corrected chi connectivity index (χ4v) is 3.13. The summed E-state index contributed by atoms with van der Waals surface area (Å²) in [7, 11) is 0. The number of halogens is 6. The predicted molar refractivity (Wildman–Crippen MR) is 74.2 cm³/mol. The van der Waals surface area contributed by atoms with Crippen LogP contribution in [0.4, 0.5) is 17.6 Å². The van der Waals surface area contributed by atoms with E-state index in [0.29, 0.717) is 11.3 Å². The second-order valence-corrected chi connectivity index (χ2v) is 6.32. The first kappa shape index (κ1) is 16.5. The molecule has 1 aromatic carbocycles. The fraction of sp³-hybridized carbons (Fsp3) is 0.250. The number of hydrogen-bond acceptors (Lipinski definition) is 3. The van der Waals surface area contributed by atoms with Crippen LogP contribution in [0.25, 0.3) is 0 Å². The SMILES string of the molecule is CC(N)(c1cnc(C(F)(F)F)s1)c1cc(F)c(Cl)cc1Cl. The highest BCUT2D eigenvalue weighted by Gasteiger charge is 2.37. The molecule has 0 aliphatic carbocycles. The molecule has 2 N–H and O–H groups in total. The van der Waals surface area contributed by atoms with E-state index in [2.05, 4.69) is 4.98 Å². The molecule has 1 atom stereocenters. The standard InChI is InChI=1S/C12H8Cl2F4N2S/c1-11(19,5-2-8(15)7(14)3-6(5)13)9-4-20-10(21-9)12(16,17)18/h2-4H,19H2,1H3. The molecule has 0 amide bonds. The van der Waals surface area contributed by atoms with E-state index in [4.69, 9.17) is 28.9 Å². The Labute approximate surface area is 131 Å². The van der Waals surface area contributed by atoms with Crippen molar-refractivity contribution < 1.29 is 17.6 Å². The minimum absolute atomic E-state index is 0.0633. The third-order valence-electron chi connectivity index (χ3n) is 2.83. The number of rotatable bonds is 2. The maximum atomic E-state index is 13.6. The molecule has 0 aliphatic heterocycles. The smallest absolute Gasteiger partial charge is 0.317 e. The van der Waals surface area contributed by atoms with Gasteiger partial charge in [0.1, 0.15) is 5.82 Å². The van der Waals surface area contributed by atoms with Gasteiger partial charge in [0.25, 0.3) is 0 Å². The zero-order valence-corrected chi connectivity index (χ0v) is 12.8. The summed E-state index contributed by atoms with van der Waals surface area (Å²) in [5.74, 6) is -0.756. The maximum absolute atomic E-state index is 13.6. The number of benzene rings is 1.